The van der Waals surface area contributed by atoms with Crippen molar-refractivity contribution in [1.82, 2.24) is 9.88 Å². The van der Waals surface area contributed by atoms with E-state index in [9.17, 15) is 29.7 Å². The molecule has 2 aromatic carbocycles. The number of hydrogen-bond donors (Lipinski definition) is 4. The summed E-state index contributed by atoms with van der Waals surface area (Å²) < 4.78 is 17.1. The highest BCUT2D eigenvalue weighted by molar-refractivity contribution is 6.25. The summed E-state index contributed by atoms with van der Waals surface area (Å²) in [7, 11) is 6.89. The number of aromatic nitrogens is 1. The number of amides is 1. The van der Waals surface area contributed by atoms with E-state index < -0.39 is 58.0 Å². The molecule has 1 aromatic heterocycles. The quantitative estimate of drug-likeness (QED) is 0.319. The topological polar surface area (TPSA) is 189 Å². The number of ketones is 2. The Bertz CT molecular complexity index is 1890. The van der Waals surface area contributed by atoms with Crippen LogP contribution in [-0.2, 0) is 16.0 Å². The minimum absolute atomic E-state index is 0.0511. The Balaban J connectivity index is 1.43. The minimum atomic E-state index is -2.66. The van der Waals surface area contributed by atoms with Gasteiger partial charge in [-0.05, 0) is 62.7 Å². The number of aliphatic hydroxyl groups excluding tert-OH is 2. The third-order valence-corrected chi connectivity index (χ3v) is 9.18. The van der Waals surface area contributed by atoms with Crippen molar-refractivity contribution in [3.8, 4) is 23.0 Å². The normalized spacial score (nSPS) is 25.8. The minimum Gasteiger partial charge on any atom is -0.510 e. The van der Waals surface area contributed by atoms with E-state index in [4.69, 9.17) is 19.6 Å². The molecule has 3 aliphatic carbocycles. The molecular formula is C31H30N4O9. The van der Waals surface area contributed by atoms with E-state index in [-0.39, 0.29) is 42.2 Å². The second kappa shape index (κ2) is 9.31. The smallest absolute Gasteiger partial charge is 0.255 e. The summed E-state index contributed by atoms with van der Waals surface area (Å²) in [5.74, 6) is -4.89. The van der Waals surface area contributed by atoms with Crippen LogP contribution in [0.15, 0.2) is 51.3 Å². The van der Waals surface area contributed by atoms with Gasteiger partial charge < -0.3 is 39.8 Å². The number of allylic oxidation sites excluding steroid dienone is 1. The van der Waals surface area contributed by atoms with Crippen molar-refractivity contribution in [3.63, 3.8) is 0 Å². The number of oxazole rings is 1. The Kier molecular flexibility index (Phi) is 5.91. The Morgan fingerprint density at radius 2 is 1.82 bits per heavy atom. The van der Waals surface area contributed by atoms with Gasteiger partial charge in [-0.15, -0.1) is 0 Å². The van der Waals surface area contributed by atoms with Crippen molar-refractivity contribution < 1.29 is 43.6 Å². The first-order valence-corrected chi connectivity index (χ1v) is 14.0. The summed E-state index contributed by atoms with van der Waals surface area (Å²) in [5.41, 5.74) is 4.53. The molecule has 1 amide bonds. The zero-order valence-corrected chi connectivity index (χ0v) is 24.4. The summed E-state index contributed by atoms with van der Waals surface area (Å²) in [6.45, 7) is 0.0989. The number of nitrogens with two attached hydrogens (primary N) is 1. The van der Waals surface area contributed by atoms with E-state index >= 15 is 0 Å². The molecular weight excluding hydrogens is 572 g/mol. The van der Waals surface area contributed by atoms with Gasteiger partial charge in [-0.1, -0.05) is 0 Å². The first kappa shape index (κ1) is 27.9. The van der Waals surface area contributed by atoms with Crippen molar-refractivity contribution in [1.29, 1.82) is 0 Å². The Morgan fingerprint density at radius 3 is 2.50 bits per heavy atom. The zero-order chi connectivity index (χ0) is 31.4. The summed E-state index contributed by atoms with van der Waals surface area (Å²) >= 11 is 0. The number of hydrogen-bond acceptors (Lipinski definition) is 12. The van der Waals surface area contributed by atoms with E-state index in [0.717, 1.165) is 0 Å². The highest BCUT2D eigenvalue weighted by Crippen LogP contribution is 2.53. The molecule has 0 unspecified atom stereocenters. The van der Waals surface area contributed by atoms with Crippen LogP contribution >= 0.6 is 0 Å². The van der Waals surface area contributed by atoms with Gasteiger partial charge in [-0.2, -0.15) is 0 Å². The van der Waals surface area contributed by atoms with Crippen LogP contribution in [0.1, 0.15) is 22.3 Å². The number of primary amides is 1. The Labute approximate surface area is 250 Å². The molecule has 0 saturated heterocycles. The van der Waals surface area contributed by atoms with Gasteiger partial charge in [0.2, 0.25) is 18.5 Å². The van der Waals surface area contributed by atoms with E-state index in [2.05, 4.69) is 4.98 Å². The van der Waals surface area contributed by atoms with Gasteiger partial charge in [-0.25, -0.2) is 4.98 Å². The van der Waals surface area contributed by atoms with Crippen LogP contribution in [-0.4, -0.2) is 89.3 Å². The lowest BCUT2D eigenvalue weighted by Crippen LogP contribution is -2.63. The van der Waals surface area contributed by atoms with Gasteiger partial charge in [0.25, 0.3) is 5.91 Å². The predicted molar refractivity (Wildman–Crippen MR) is 155 cm³/mol. The molecule has 0 bridgehead atoms. The van der Waals surface area contributed by atoms with Gasteiger partial charge in [0.05, 0.1) is 11.6 Å². The largest absolute Gasteiger partial charge is 0.510 e. The third kappa shape index (κ3) is 3.59. The molecule has 228 valence electrons. The van der Waals surface area contributed by atoms with Crippen molar-refractivity contribution in [3.05, 3.63) is 58.1 Å². The fourth-order valence-corrected chi connectivity index (χ4v) is 7.24. The fraction of sp³-hybridized carbons (Fsp3) is 0.355. The maximum absolute atomic E-state index is 14.4. The van der Waals surface area contributed by atoms with Crippen molar-refractivity contribution in [2.24, 2.45) is 17.6 Å². The molecule has 7 rings (SSSR count). The highest BCUT2D eigenvalue weighted by Gasteiger charge is 2.63. The number of ether oxygens (including phenoxy) is 2. The molecule has 4 aliphatic rings. The Morgan fingerprint density at radius 1 is 1.09 bits per heavy atom. The van der Waals surface area contributed by atoms with Crippen LogP contribution in [0.2, 0.25) is 0 Å². The number of rotatable bonds is 4. The van der Waals surface area contributed by atoms with Crippen molar-refractivity contribution in [2.45, 2.75) is 24.5 Å². The van der Waals surface area contributed by atoms with Gasteiger partial charge in [0.1, 0.15) is 22.6 Å². The second-order valence-electron chi connectivity index (χ2n) is 12.0. The number of nitrogens with zero attached hydrogens (tertiary/aromatic N) is 3. The molecule has 44 heavy (non-hydrogen) atoms. The molecule has 13 heteroatoms. The standard InChI is InChI=1S/C31H30N4O9/c1-34(2)17-10-16-26(44-30(33-16)12-5-6-18-19(9-12)43-11-42-18)21-14(17)7-13-8-15-23(35(3)4)25(37)22(29(32)40)28(39)31(15,41)27(38)20(13)24(21)36/h5-6,9-10,13,15,23,37-38,41H,7-8,11H2,1-4H3,(H2,32,40)/t13-,15-,23-,31-/m0/s1. The molecule has 3 aromatic rings. The molecule has 1 aliphatic heterocycles. The maximum atomic E-state index is 14.4. The van der Waals surface area contributed by atoms with Crippen LogP contribution in [0.4, 0.5) is 5.69 Å². The number of benzene rings is 2. The number of likely N-dealkylation sites (N-methyl/N-ethyl adjacent to an activating group) is 1. The number of anilines is 1. The number of Topliss-reactive ketones (excluding diaryl/α,β-unsaturated/α-hetero) is 2. The number of fused-ring (bicyclic) bond motifs is 6. The van der Waals surface area contributed by atoms with Crippen molar-refractivity contribution >= 4 is 34.3 Å². The first-order chi connectivity index (χ1) is 20.8. The van der Waals surface area contributed by atoms with Gasteiger partial charge in [0, 0.05) is 36.8 Å². The van der Waals surface area contributed by atoms with E-state index in [1.807, 2.05) is 25.1 Å². The molecule has 4 atom stereocenters. The average molecular weight is 603 g/mol. The average Bonchev–Trinajstić information content (AvgIpc) is 3.60. The summed E-state index contributed by atoms with van der Waals surface area (Å²) in [6.07, 6.45) is 0.313. The molecule has 5 N–H and O–H groups in total. The van der Waals surface area contributed by atoms with Crippen LogP contribution in [0.3, 0.4) is 0 Å². The molecule has 0 radical (unpaired) electrons. The van der Waals surface area contributed by atoms with Crippen LogP contribution < -0.4 is 20.1 Å². The summed E-state index contributed by atoms with van der Waals surface area (Å²) in [5, 5.41) is 34.6. The molecule has 2 heterocycles. The maximum Gasteiger partial charge on any atom is 0.255 e. The number of carbonyl (C=O) groups excluding carboxylic acids is 3. The van der Waals surface area contributed by atoms with Crippen molar-refractivity contribution in [2.75, 3.05) is 39.9 Å². The second-order valence-corrected chi connectivity index (χ2v) is 12.0. The van der Waals surface area contributed by atoms with E-state index in [1.54, 1.807) is 32.3 Å². The highest BCUT2D eigenvalue weighted by atomic mass is 16.7. The fourth-order valence-electron chi connectivity index (χ4n) is 7.24. The lowest BCUT2D eigenvalue weighted by molar-refractivity contribution is -0.148. The van der Waals surface area contributed by atoms with Crippen LogP contribution in [0, 0.1) is 11.8 Å². The number of aliphatic hydroxyl groups is 3. The monoisotopic (exact) mass is 602 g/mol. The SMILES string of the molecule is CN(C)c1cc2nc(-c3ccc4c(c3)OCO4)oc2c2c1C[C@H]1C[C@H]3[C@H](N(C)C)C(O)=C(C(N)=O)C(=O)[C@@]3(O)C(O)=C1C2=O. The molecule has 0 spiro atoms. The lowest BCUT2D eigenvalue weighted by Gasteiger charge is -2.50. The van der Waals surface area contributed by atoms with Gasteiger partial charge in [0.15, 0.2) is 28.5 Å². The summed E-state index contributed by atoms with van der Waals surface area (Å²) in [6, 6.07) is 6.02. The predicted octanol–water partition coefficient (Wildman–Crippen LogP) is 2.02. The van der Waals surface area contributed by atoms with Gasteiger partial charge in [-0.3, -0.25) is 19.3 Å². The van der Waals surface area contributed by atoms with Crippen LogP contribution in [0.25, 0.3) is 22.6 Å². The van der Waals surface area contributed by atoms with E-state index in [0.29, 0.717) is 33.8 Å². The molecule has 13 nitrogen and oxygen atoms in total. The van der Waals surface area contributed by atoms with E-state index in [1.165, 1.54) is 4.90 Å². The molecule has 0 fully saturated rings. The number of carbonyl (C=O) groups is 3. The molecule has 0 saturated carbocycles. The van der Waals surface area contributed by atoms with Crippen LogP contribution in [0.5, 0.6) is 11.5 Å². The summed E-state index contributed by atoms with van der Waals surface area (Å²) in [4.78, 5) is 48.3. The first-order valence-electron chi connectivity index (χ1n) is 14.0. The Hall–Kier alpha value is -4.88. The van der Waals surface area contributed by atoms with Gasteiger partial charge >= 0.3 is 0 Å². The zero-order valence-electron chi connectivity index (χ0n) is 24.4. The third-order valence-electron chi connectivity index (χ3n) is 9.18. The lowest BCUT2D eigenvalue weighted by atomic mass is 9.58.